The summed E-state index contributed by atoms with van der Waals surface area (Å²) in [7, 11) is 0. The number of non-ortho nitro benzene ring substituents is 2. The Morgan fingerprint density at radius 1 is 0.420 bits per heavy atom. The van der Waals surface area contributed by atoms with Gasteiger partial charge in [-0.15, -0.1) is 0 Å². The van der Waals surface area contributed by atoms with Crippen LogP contribution in [0.15, 0.2) is 204 Å². The van der Waals surface area contributed by atoms with E-state index in [1.54, 1.807) is 24.3 Å². The summed E-state index contributed by atoms with van der Waals surface area (Å²) >= 11 is 0. The van der Waals surface area contributed by atoms with Gasteiger partial charge in [-0.2, -0.15) is 10.2 Å². The van der Waals surface area contributed by atoms with Crippen molar-refractivity contribution < 1.29 is 9.85 Å². The van der Waals surface area contributed by atoms with E-state index in [9.17, 15) is 20.2 Å². The SMILES string of the molecule is CC1(C)CC2(CC(C)(C)c3ccc(N(c4ccccc4)c4ccc(NNc5ccc([N+](=O)[O-])cc5)cc4)cc32)c2cc(N(c3ccccc3)c3ccc(N=Nc4ccc([N+](=O)[O-])cc4)cc3)ccc21. The van der Waals surface area contributed by atoms with Crippen molar-refractivity contribution in [3.63, 3.8) is 0 Å². The number of hydrazine groups is 1. The highest BCUT2D eigenvalue weighted by Crippen LogP contribution is 2.64. The number of nitrogens with one attached hydrogen (secondary N) is 2. The summed E-state index contributed by atoms with van der Waals surface area (Å²) in [5, 5.41) is 31.1. The summed E-state index contributed by atoms with van der Waals surface area (Å²) < 4.78 is 0. The summed E-state index contributed by atoms with van der Waals surface area (Å²) in [4.78, 5) is 26.1. The molecule has 0 saturated carbocycles. The number of rotatable bonds is 13. The van der Waals surface area contributed by atoms with Gasteiger partial charge in [-0.1, -0.05) is 76.2 Å². The maximum Gasteiger partial charge on any atom is 0.269 e. The van der Waals surface area contributed by atoms with Gasteiger partial charge in [0.15, 0.2) is 0 Å². The third kappa shape index (κ3) is 8.52. The molecule has 2 N–H and O–H groups in total. The lowest BCUT2D eigenvalue weighted by molar-refractivity contribution is -0.385. The molecule has 1 unspecified atom stereocenters. The minimum Gasteiger partial charge on any atom is -0.310 e. The van der Waals surface area contributed by atoms with Crippen molar-refractivity contribution in [3.05, 3.63) is 237 Å². The van der Waals surface area contributed by atoms with E-state index in [-0.39, 0.29) is 27.6 Å². The quantitative estimate of drug-likeness (QED) is 0.0662. The minimum atomic E-state index is -0.431. The summed E-state index contributed by atoms with van der Waals surface area (Å²) in [6.07, 6.45) is 1.93. The molecule has 0 radical (unpaired) electrons. The van der Waals surface area contributed by atoms with Gasteiger partial charge in [0.25, 0.3) is 11.4 Å². The van der Waals surface area contributed by atoms with Crippen molar-refractivity contribution in [2.24, 2.45) is 10.2 Å². The smallest absolute Gasteiger partial charge is 0.269 e. The Hall–Kier alpha value is -8.64. The Kier molecular flexibility index (Phi) is 11.2. The molecule has 12 heteroatoms. The standard InChI is InChI=1S/C57H50N8O4/c1-55(2)37-57(53-35-49(31-33-51(53)55)62(43-11-7-5-8-12-43)45-23-15-39(16-24-45)58-60-41-19-27-47(28-20-41)64(66)67)38-56(3,4)52-34-32-50(36-54(52)57)63(44-13-9-6-10-14-44)46-25-17-40(18-26-46)59-61-42-21-29-48(30-22-42)65(68)69/h5-36,58,60H,37-38H2,1-4H3. The number of hydrogen-bond donors (Lipinski definition) is 2. The number of azo groups is 1. The van der Waals surface area contributed by atoms with Gasteiger partial charge in [0.1, 0.15) is 0 Å². The molecule has 2 aliphatic rings. The second kappa shape index (κ2) is 17.5. The maximum atomic E-state index is 11.1. The van der Waals surface area contributed by atoms with Gasteiger partial charge in [0, 0.05) is 63.8 Å². The van der Waals surface area contributed by atoms with E-state index in [0.29, 0.717) is 17.1 Å². The normalized spacial score (nSPS) is 16.2. The molecular formula is C57H50N8O4. The largest absolute Gasteiger partial charge is 0.310 e. The van der Waals surface area contributed by atoms with Crippen LogP contribution in [-0.4, -0.2) is 9.85 Å². The Balaban J connectivity index is 1.01. The van der Waals surface area contributed by atoms with Crippen LogP contribution in [-0.2, 0) is 16.2 Å². The molecule has 0 aliphatic heterocycles. The number of hydrogen-bond acceptors (Lipinski definition) is 10. The lowest BCUT2D eigenvalue weighted by Crippen LogP contribution is -2.27. The van der Waals surface area contributed by atoms with Gasteiger partial charge in [0.05, 0.1) is 32.6 Å². The molecule has 0 heterocycles. The first-order valence-corrected chi connectivity index (χ1v) is 22.9. The first kappa shape index (κ1) is 44.2. The second-order valence-electron chi connectivity index (χ2n) is 19.1. The zero-order valence-corrected chi connectivity index (χ0v) is 38.7. The van der Waals surface area contributed by atoms with Crippen molar-refractivity contribution in [2.45, 2.75) is 56.8 Å². The van der Waals surface area contributed by atoms with Crippen LogP contribution in [0.1, 0.15) is 62.8 Å². The number of fused-ring (bicyclic) bond motifs is 4. The lowest BCUT2D eigenvalue weighted by atomic mass is 9.72. The Labute approximate surface area is 400 Å². The number of benzene rings is 8. The van der Waals surface area contributed by atoms with Gasteiger partial charge in [-0.3, -0.25) is 20.2 Å². The number of nitro benzene ring substituents is 2. The first-order chi connectivity index (χ1) is 33.3. The fourth-order valence-corrected chi connectivity index (χ4v) is 10.6. The van der Waals surface area contributed by atoms with Gasteiger partial charge in [0.2, 0.25) is 0 Å². The second-order valence-corrected chi connectivity index (χ2v) is 19.1. The summed E-state index contributed by atoms with van der Waals surface area (Å²) in [5.74, 6) is 0. The predicted molar refractivity (Wildman–Crippen MR) is 276 cm³/mol. The van der Waals surface area contributed by atoms with Gasteiger partial charge in [-0.05, 0) is 167 Å². The molecule has 342 valence electrons. The number of para-hydroxylation sites is 2. The van der Waals surface area contributed by atoms with E-state index in [1.807, 2.05) is 36.4 Å². The van der Waals surface area contributed by atoms with Crippen LogP contribution < -0.4 is 20.7 Å². The van der Waals surface area contributed by atoms with Crippen LogP contribution in [0.4, 0.5) is 68.2 Å². The molecule has 0 bridgehead atoms. The van der Waals surface area contributed by atoms with Gasteiger partial charge in [-0.25, -0.2) is 0 Å². The average Bonchev–Trinajstić information content (AvgIpc) is 3.73. The zero-order chi connectivity index (χ0) is 47.9. The predicted octanol–water partition coefficient (Wildman–Crippen LogP) is 15.9. The van der Waals surface area contributed by atoms with E-state index in [1.165, 1.54) is 46.5 Å². The Bertz CT molecular complexity index is 3210. The van der Waals surface area contributed by atoms with E-state index in [4.69, 9.17) is 0 Å². The average molecular weight is 911 g/mol. The summed E-state index contributed by atoms with van der Waals surface area (Å²) in [5.41, 5.74) is 20.3. The molecule has 8 aromatic rings. The summed E-state index contributed by atoms with van der Waals surface area (Å²) in [6.45, 7) is 9.54. The van der Waals surface area contributed by atoms with E-state index in [0.717, 1.165) is 52.7 Å². The number of nitro groups is 2. The van der Waals surface area contributed by atoms with Crippen molar-refractivity contribution in [3.8, 4) is 0 Å². The topological polar surface area (TPSA) is 142 Å². The zero-order valence-electron chi connectivity index (χ0n) is 38.7. The van der Waals surface area contributed by atoms with Crippen molar-refractivity contribution >= 4 is 68.2 Å². The minimum absolute atomic E-state index is 0.00657. The highest BCUT2D eigenvalue weighted by molar-refractivity contribution is 5.81. The molecule has 12 nitrogen and oxygen atoms in total. The molecule has 10 rings (SSSR count). The van der Waals surface area contributed by atoms with E-state index < -0.39 is 9.85 Å². The monoisotopic (exact) mass is 910 g/mol. The highest BCUT2D eigenvalue weighted by atomic mass is 16.6. The van der Waals surface area contributed by atoms with Crippen molar-refractivity contribution in [1.29, 1.82) is 0 Å². The maximum absolute atomic E-state index is 11.1. The molecule has 0 aromatic heterocycles. The van der Waals surface area contributed by atoms with Crippen LogP contribution in [0.5, 0.6) is 0 Å². The van der Waals surface area contributed by atoms with E-state index >= 15 is 0 Å². The molecule has 1 atom stereocenters. The molecule has 2 aliphatic carbocycles. The third-order valence-corrected chi connectivity index (χ3v) is 13.5. The summed E-state index contributed by atoms with van der Waals surface area (Å²) in [6, 6.07) is 63.5. The number of nitrogens with zero attached hydrogens (tertiary/aromatic N) is 6. The van der Waals surface area contributed by atoms with Gasteiger partial charge < -0.3 is 20.7 Å². The van der Waals surface area contributed by atoms with Crippen LogP contribution in [0.25, 0.3) is 0 Å². The lowest BCUT2D eigenvalue weighted by Gasteiger charge is -2.32. The molecule has 0 fully saturated rings. The molecule has 8 aromatic carbocycles. The van der Waals surface area contributed by atoms with Crippen LogP contribution in [0, 0.1) is 20.2 Å². The molecule has 1 spiro atoms. The highest BCUT2D eigenvalue weighted by Gasteiger charge is 2.56. The Morgan fingerprint density at radius 2 is 0.754 bits per heavy atom. The van der Waals surface area contributed by atoms with Crippen LogP contribution >= 0.6 is 0 Å². The molecule has 69 heavy (non-hydrogen) atoms. The Morgan fingerprint density at radius 3 is 1.16 bits per heavy atom. The first-order valence-electron chi connectivity index (χ1n) is 22.9. The molecular weight excluding hydrogens is 861 g/mol. The van der Waals surface area contributed by atoms with Gasteiger partial charge >= 0.3 is 0 Å². The van der Waals surface area contributed by atoms with Crippen molar-refractivity contribution in [1.82, 2.24) is 0 Å². The molecule has 0 saturated heterocycles. The van der Waals surface area contributed by atoms with Crippen molar-refractivity contribution in [2.75, 3.05) is 20.7 Å². The number of anilines is 8. The van der Waals surface area contributed by atoms with E-state index in [2.05, 4.69) is 168 Å². The van der Waals surface area contributed by atoms with Crippen LogP contribution in [0.2, 0.25) is 0 Å². The third-order valence-electron chi connectivity index (χ3n) is 13.5. The fourth-order valence-electron chi connectivity index (χ4n) is 10.6. The van der Waals surface area contributed by atoms with Crippen LogP contribution in [0.3, 0.4) is 0 Å². The molecule has 0 amide bonds. The fraction of sp³-hybridized carbons (Fsp3) is 0.158.